The molecule has 2 rings (SSSR count). The van der Waals surface area contributed by atoms with Crippen LogP contribution in [0.25, 0.3) is 0 Å². The zero-order valence-corrected chi connectivity index (χ0v) is 13.2. The monoisotopic (exact) mass is 310 g/mol. The molecule has 0 aliphatic rings. The van der Waals surface area contributed by atoms with E-state index in [0.29, 0.717) is 13.2 Å². The van der Waals surface area contributed by atoms with Crippen LogP contribution in [0.4, 0.5) is 0 Å². The van der Waals surface area contributed by atoms with Crippen molar-refractivity contribution in [2.75, 3.05) is 13.2 Å². The van der Waals surface area contributed by atoms with Crippen molar-refractivity contribution in [3.05, 3.63) is 40.2 Å². The molecule has 0 amide bonds. The number of hydrogen-bond acceptors (Lipinski definition) is 6. The second kappa shape index (κ2) is 8.29. The predicted octanol–water partition coefficient (Wildman–Crippen LogP) is 2.53. The Morgan fingerprint density at radius 1 is 1.52 bits per heavy atom. The van der Waals surface area contributed by atoms with Crippen molar-refractivity contribution in [3.63, 3.8) is 0 Å². The number of thiazole rings is 1. The summed E-state index contributed by atoms with van der Waals surface area (Å²) >= 11 is 1.71. The van der Waals surface area contributed by atoms with Crippen molar-refractivity contribution in [2.24, 2.45) is 0 Å². The molecule has 2 aromatic rings. The van der Waals surface area contributed by atoms with Crippen LogP contribution in [0.15, 0.2) is 29.0 Å². The number of rotatable bonds is 9. The first-order valence-electron chi connectivity index (χ1n) is 7.15. The predicted molar refractivity (Wildman–Crippen MR) is 82.3 cm³/mol. The average molecular weight is 310 g/mol. The Hall–Kier alpha value is -1.21. The highest BCUT2D eigenvalue weighted by atomic mass is 32.1. The van der Waals surface area contributed by atoms with Crippen molar-refractivity contribution in [2.45, 2.75) is 39.0 Å². The van der Waals surface area contributed by atoms with Gasteiger partial charge in [-0.3, -0.25) is 0 Å². The van der Waals surface area contributed by atoms with Crippen LogP contribution in [0.2, 0.25) is 0 Å². The highest BCUT2D eigenvalue weighted by Crippen LogP contribution is 2.20. The Morgan fingerprint density at radius 3 is 3.05 bits per heavy atom. The smallest absolute Gasteiger partial charge is 0.129 e. The average Bonchev–Trinajstić information content (AvgIpc) is 3.15. The van der Waals surface area contributed by atoms with Crippen LogP contribution in [0.3, 0.4) is 0 Å². The van der Waals surface area contributed by atoms with E-state index >= 15 is 0 Å². The number of furan rings is 1. The van der Waals surface area contributed by atoms with Crippen LogP contribution < -0.4 is 5.32 Å². The van der Waals surface area contributed by atoms with Crippen molar-refractivity contribution >= 4 is 11.3 Å². The molecule has 0 radical (unpaired) electrons. The molecular formula is C15H22N2O3S. The molecule has 116 valence electrons. The fourth-order valence-corrected chi connectivity index (χ4v) is 2.72. The summed E-state index contributed by atoms with van der Waals surface area (Å²) in [6.07, 6.45) is 3.99. The van der Waals surface area contributed by atoms with Gasteiger partial charge in [0.2, 0.25) is 0 Å². The normalized spacial score (nSPS) is 14.2. The maximum absolute atomic E-state index is 9.89. The van der Waals surface area contributed by atoms with Gasteiger partial charge in [-0.05, 0) is 25.5 Å². The van der Waals surface area contributed by atoms with Gasteiger partial charge in [-0.1, -0.05) is 6.92 Å². The van der Waals surface area contributed by atoms with Gasteiger partial charge in [0.15, 0.2) is 0 Å². The Balaban J connectivity index is 1.64. The highest BCUT2D eigenvalue weighted by Gasteiger charge is 2.12. The molecule has 5 nitrogen and oxygen atoms in total. The molecule has 0 bridgehead atoms. The van der Waals surface area contributed by atoms with Crippen LogP contribution in [0.1, 0.15) is 35.5 Å². The van der Waals surface area contributed by atoms with E-state index in [1.165, 1.54) is 4.88 Å². The topological polar surface area (TPSA) is 67.5 Å². The maximum Gasteiger partial charge on any atom is 0.129 e. The number of aryl methyl sites for hydroxylation is 1. The lowest BCUT2D eigenvalue weighted by Gasteiger charge is -2.15. The molecule has 0 spiro atoms. The number of hydrogen-bond donors (Lipinski definition) is 2. The Labute approximate surface area is 129 Å². The fourth-order valence-electron chi connectivity index (χ4n) is 1.84. The highest BCUT2D eigenvalue weighted by molar-refractivity contribution is 7.11. The zero-order chi connectivity index (χ0) is 15.1. The molecule has 0 saturated heterocycles. The summed E-state index contributed by atoms with van der Waals surface area (Å²) < 4.78 is 10.6. The van der Waals surface area contributed by atoms with E-state index in [1.807, 2.05) is 18.3 Å². The largest absolute Gasteiger partial charge is 0.467 e. The van der Waals surface area contributed by atoms with E-state index < -0.39 is 6.10 Å². The Kier molecular flexibility index (Phi) is 6.38. The number of aliphatic hydroxyl groups excluding tert-OH is 1. The zero-order valence-electron chi connectivity index (χ0n) is 12.4. The van der Waals surface area contributed by atoms with Gasteiger partial charge in [-0.25, -0.2) is 4.98 Å². The minimum absolute atomic E-state index is 0.134. The number of aromatic nitrogens is 1. The third-order valence-electron chi connectivity index (χ3n) is 3.08. The van der Waals surface area contributed by atoms with Gasteiger partial charge in [-0.2, -0.15) is 0 Å². The van der Waals surface area contributed by atoms with Gasteiger partial charge in [0.1, 0.15) is 17.4 Å². The van der Waals surface area contributed by atoms with Gasteiger partial charge >= 0.3 is 0 Å². The summed E-state index contributed by atoms with van der Waals surface area (Å²) in [6, 6.07) is 3.80. The lowest BCUT2D eigenvalue weighted by atomic mass is 10.3. The summed E-state index contributed by atoms with van der Waals surface area (Å²) in [7, 11) is 0. The van der Waals surface area contributed by atoms with Gasteiger partial charge in [0.05, 0.1) is 25.0 Å². The standard InChI is InChI=1S/C15H22N2O3S/c1-3-14-8-17-15(21-14)11(2)16-7-12(18)9-19-10-13-5-4-6-20-13/h4-6,8,11-12,16,18H,3,7,9-10H2,1-2H3. The Morgan fingerprint density at radius 2 is 2.38 bits per heavy atom. The van der Waals surface area contributed by atoms with E-state index in [2.05, 4.69) is 24.1 Å². The van der Waals surface area contributed by atoms with E-state index in [1.54, 1.807) is 17.6 Å². The van der Waals surface area contributed by atoms with Crippen LogP contribution in [0, 0.1) is 0 Å². The molecule has 2 aromatic heterocycles. The summed E-state index contributed by atoms with van der Waals surface area (Å²) in [4.78, 5) is 5.67. The second-order valence-corrected chi connectivity index (χ2v) is 6.04. The lowest BCUT2D eigenvalue weighted by Crippen LogP contribution is -2.32. The lowest BCUT2D eigenvalue weighted by molar-refractivity contribution is 0.0217. The molecule has 0 aliphatic carbocycles. The minimum Gasteiger partial charge on any atom is -0.467 e. The van der Waals surface area contributed by atoms with E-state index in [0.717, 1.165) is 17.2 Å². The number of ether oxygens (including phenoxy) is 1. The minimum atomic E-state index is -0.548. The van der Waals surface area contributed by atoms with E-state index in [9.17, 15) is 5.11 Å². The van der Waals surface area contributed by atoms with Crippen molar-refractivity contribution in [3.8, 4) is 0 Å². The quantitative estimate of drug-likeness (QED) is 0.745. The SMILES string of the molecule is CCc1cnc(C(C)NCC(O)COCc2ccco2)s1. The van der Waals surface area contributed by atoms with Crippen LogP contribution >= 0.6 is 11.3 Å². The summed E-state index contributed by atoms with van der Waals surface area (Å²) in [5.74, 6) is 0.762. The van der Waals surface area contributed by atoms with Crippen LogP contribution in [-0.4, -0.2) is 29.3 Å². The molecule has 0 aromatic carbocycles. The Bertz CT molecular complexity index is 513. The number of nitrogens with zero attached hydrogens (tertiary/aromatic N) is 1. The molecular weight excluding hydrogens is 288 g/mol. The van der Waals surface area contributed by atoms with Gasteiger partial charge in [-0.15, -0.1) is 11.3 Å². The van der Waals surface area contributed by atoms with Gasteiger partial charge < -0.3 is 19.6 Å². The molecule has 6 heteroatoms. The van der Waals surface area contributed by atoms with Crippen LogP contribution in [0.5, 0.6) is 0 Å². The first-order valence-corrected chi connectivity index (χ1v) is 7.96. The molecule has 2 atom stereocenters. The number of nitrogens with one attached hydrogen (secondary N) is 1. The van der Waals surface area contributed by atoms with Gasteiger partial charge in [0.25, 0.3) is 0 Å². The van der Waals surface area contributed by atoms with Crippen LogP contribution in [-0.2, 0) is 17.8 Å². The molecule has 0 saturated carbocycles. The van der Waals surface area contributed by atoms with Crippen molar-refractivity contribution in [1.82, 2.24) is 10.3 Å². The van der Waals surface area contributed by atoms with E-state index in [-0.39, 0.29) is 12.6 Å². The molecule has 2 N–H and O–H groups in total. The fraction of sp³-hybridized carbons (Fsp3) is 0.533. The summed E-state index contributed by atoms with van der Waals surface area (Å²) in [6.45, 7) is 5.30. The molecule has 21 heavy (non-hydrogen) atoms. The second-order valence-electron chi connectivity index (χ2n) is 4.90. The third kappa shape index (κ3) is 5.24. The molecule has 2 unspecified atom stereocenters. The maximum atomic E-state index is 9.89. The molecule has 0 fully saturated rings. The summed E-state index contributed by atoms with van der Waals surface area (Å²) in [5, 5.41) is 14.2. The van der Waals surface area contributed by atoms with E-state index in [4.69, 9.17) is 9.15 Å². The van der Waals surface area contributed by atoms with Crippen molar-refractivity contribution in [1.29, 1.82) is 0 Å². The molecule has 2 heterocycles. The number of aliphatic hydroxyl groups is 1. The summed E-state index contributed by atoms with van der Waals surface area (Å²) in [5.41, 5.74) is 0. The first-order chi connectivity index (χ1) is 10.2. The third-order valence-corrected chi connectivity index (χ3v) is 4.41. The first kappa shape index (κ1) is 16.2. The van der Waals surface area contributed by atoms with Gasteiger partial charge in [0, 0.05) is 17.6 Å². The molecule has 0 aliphatic heterocycles. The van der Waals surface area contributed by atoms with Crippen molar-refractivity contribution < 1.29 is 14.3 Å².